The van der Waals surface area contributed by atoms with Gasteiger partial charge in [-0.1, -0.05) is 6.07 Å². The largest absolute Gasteiger partial charge is 0.381 e. The van der Waals surface area contributed by atoms with Crippen molar-refractivity contribution in [3.05, 3.63) is 24.4 Å². The van der Waals surface area contributed by atoms with Crippen LogP contribution in [-0.4, -0.2) is 43.2 Å². The van der Waals surface area contributed by atoms with Gasteiger partial charge in [0.2, 0.25) is 5.91 Å². The molecule has 1 aliphatic heterocycles. The number of anilines is 1. The summed E-state index contributed by atoms with van der Waals surface area (Å²) in [6, 6.07) is 5.31. The number of ether oxygens (including phenoxy) is 1. The molecule has 1 unspecified atom stereocenters. The Morgan fingerprint density at radius 3 is 2.70 bits per heavy atom. The van der Waals surface area contributed by atoms with Crippen LogP contribution >= 0.6 is 24.8 Å². The highest BCUT2D eigenvalue weighted by Crippen LogP contribution is 2.17. The van der Waals surface area contributed by atoms with Crippen molar-refractivity contribution in [2.45, 2.75) is 25.3 Å². The predicted molar refractivity (Wildman–Crippen MR) is 96.4 cm³/mol. The maximum absolute atomic E-state index is 12.0. The van der Waals surface area contributed by atoms with Gasteiger partial charge >= 0.3 is 0 Å². The highest BCUT2D eigenvalue weighted by Gasteiger charge is 2.26. The Morgan fingerprint density at radius 1 is 1.30 bits per heavy atom. The van der Waals surface area contributed by atoms with Crippen LogP contribution in [0, 0.1) is 5.92 Å². The third kappa shape index (κ3) is 7.83. The molecular formula is C15H26Cl2N4O2. The summed E-state index contributed by atoms with van der Waals surface area (Å²) in [5.74, 6) is 1.04. The fourth-order valence-electron chi connectivity index (χ4n) is 2.39. The Balaban J connectivity index is 0.00000242. The number of hydrogen-bond acceptors (Lipinski definition) is 5. The average molecular weight is 365 g/mol. The molecular weight excluding hydrogens is 339 g/mol. The first kappa shape index (κ1) is 21.9. The maximum atomic E-state index is 12.0. The maximum Gasteiger partial charge on any atom is 0.237 e. The predicted octanol–water partition coefficient (Wildman–Crippen LogP) is 1.60. The number of nitrogens with zero attached hydrogens (tertiary/aromatic N) is 1. The first-order chi connectivity index (χ1) is 10.3. The van der Waals surface area contributed by atoms with Gasteiger partial charge in [-0.05, 0) is 37.3 Å². The molecule has 2 rings (SSSR count). The van der Waals surface area contributed by atoms with E-state index >= 15 is 0 Å². The topological polar surface area (TPSA) is 89.3 Å². The van der Waals surface area contributed by atoms with Crippen LogP contribution < -0.4 is 16.4 Å². The van der Waals surface area contributed by atoms with E-state index in [1.54, 1.807) is 6.20 Å². The fraction of sp³-hybridized carbons (Fsp3) is 0.600. The van der Waals surface area contributed by atoms with Crippen LogP contribution in [0.4, 0.5) is 5.82 Å². The Bertz CT molecular complexity index is 431. The number of halogens is 2. The summed E-state index contributed by atoms with van der Waals surface area (Å²) in [7, 11) is 0. The van der Waals surface area contributed by atoms with Crippen molar-refractivity contribution in [3.8, 4) is 0 Å². The zero-order valence-corrected chi connectivity index (χ0v) is 14.7. The number of amides is 1. The minimum atomic E-state index is -0.419. The molecule has 1 aromatic heterocycles. The summed E-state index contributed by atoms with van der Waals surface area (Å²) >= 11 is 0. The van der Waals surface area contributed by atoms with E-state index in [1.807, 2.05) is 18.2 Å². The third-order valence-electron chi connectivity index (χ3n) is 3.70. The SMILES string of the molecule is Cl.Cl.NC(C(=O)NCCCNc1ccccn1)C1CCOCC1. The molecule has 8 heteroatoms. The van der Waals surface area contributed by atoms with Crippen molar-refractivity contribution in [1.29, 1.82) is 0 Å². The van der Waals surface area contributed by atoms with Gasteiger partial charge in [-0.3, -0.25) is 4.79 Å². The molecule has 0 aliphatic carbocycles. The molecule has 1 amide bonds. The monoisotopic (exact) mass is 364 g/mol. The molecule has 1 atom stereocenters. The molecule has 1 saturated heterocycles. The summed E-state index contributed by atoms with van der Waals surface area (Å²) < 4.78 is 5.28. The molecule has 2 heterocycles. The van der Waals surface area contributed by atoms with Gasteiger partial charge in [0.05, 0.1) is 6.04 Å². The lowest BCUT2D eigenvalue weighted by atomic mass is 9.92. The molecule has 0 spiro atoms. The van der Waals surface area contributed by atoms with E-state index in [0.717, 1.165) is 31.6 Å². The second-order valence-electron chi connectivity index (χ2n) is 5.26. The molecule has 132 valence electrons. The molecule has 0 saturated carbocycles. The second kappa shape index (κ2) is 12.4. The quantitative estimate of drug-likeness (QED) is 0.639. The zero-order valence-electron chi connectivity index (χ0n) is 13.1. The van der Waals surface area contributed by atoms with Gasteiger partial charge in [-0.2, -0.15) is 0 Å². The lowest BCUT2D eigenvalue weighted by molar-refractivity contribution is -0.124. The first-order valence-corrected chi connectivity index (χ1v) is 7.53. The number of hydrogen-bond donors (Lipinski definition) is 3. The normalized spacial score (nSPS) is 15.7. The zero-order chi connectivity index (χ0) is 14.9. The van der Waals surface area contributed by atoms with Crippen molar-refractivity contribution in [1.82, 2.24) is 10.3 Å². The van der Waals surface area contributed by atoms with Crippen molar-refractivity contribution in [3.63, 3.8) is 0 Å². The molecule has 0 radical (unpaired) electrons. The molecule has 0 bridgehead atoms. The first-order valence-electron chi connectivity index (χ1n) is 7.53. The van der Waals surface area contributed by atoms with Crippen molar-refractivity contribution < 1.29 is 9.53 Å². The summed E-state index contributed by atoms with van der Waals surface area (Å²) in [6.45, 7) is 2.80. The number of carbonyl (C=O) groups is 1. The third-order valence-corrected chi connectivity index (χ3v) is 3.70. The summed E-state index contributed by atoms with van der Waals surface area (Å²) in [5.41, 5.74) is 6.00. The van der Waals surface area contributed by atoms with Crippen LogP contribution in [0.3, 0.4) is 0 Å². The van der Waals surface area contributed by atoms with E-state index in [2.05, 4.69) is 15.6 Å². The van der Waals surface area contributed by atoms with E-state index in [-0.39, 0.29) is 36.6 Å². The van der Waals surface area contributed by atoms with Gasteiger partial charge in [0, 0.05) is 32.5 Å². The van der Waals surface area contributed by atoms with Crippen molar-refractivity contribution in [2.75, 3.05) is 31.6 Å². The van der Waals surface area contributed by atoms with Crippen LogP contribution in [0.15, 0.2) is 24.4 Å². The van der Waals surface area contributed by atoms with Gasteiger partial charge in [-0.15, -0.1) is 24.8 Å². The van der Waals surface area contributed by atoms with Gasteiger partial charge < -0.3 is 21.1 Å². The van der Waals surface area contributed by atoms with Crippen LogP contribution in [0.1, 0.15) is 19.3 Å². The van der Waals surface area contributed by atoms with Gasteiger partial charge in [0.25, 0.3) is 0 Å². The van der Waals surface area contributed by atoms with Crippen molar-refractivity contribution in [2.24, 2.45) is 11.7 Å². The Kier molecular flexibility index (Phi) is 11.8. The number of aromatic nitrogens is 1. The smallest absolute Gasteiger partial charge is 0.237 e. The second-order valence-corrected chi connectivity index (χ2v) is 5.26. The number of nitrogens with two attached hydrogens (primary N) is 1. The highest BCUT2D eigenvalue weighted by molar-refractivity contribution is 5.85. The highest BCUT2D eigenvalue weighted by atomic mass is 35.5. The minimum absolute atomic E-state index is 0. The van der Waals surface area contributed by atoms with Crippen LogP contribution in [0.25, 0.3) is 0 Å². The van der Waals surface area contributed by atoms with E-state index in [9.17, 15) is 4.79 Å². The summed E-state index contributed by atoms with van der Waals surface area (Å²) in [6.07, 6.45) is 4.32. The summed E-state index contributed by atoms with van der Waals surface area (Å²) in [4.78, 5) is 16.1. The number of carbonyl (C=O) groups excluding carboxylic acids is 1. The summed E-state index contributed by atoms with van der Waals surface area (Å²) in [5, 5.41) is 6.10. The van der Waals surface area contributed by atoms with Gasteiger partial charge in [0.15, 0.2) is 0 Å². The molecule has 6 nitrogen and oxygen atoms in total. The molecule has 4 N–H and O–H groups in total. The van der Waals surface area contributed by atoms with Crippen LogP contribution in [0.2, 0.25) is 0 Å². The molecule has 1 aliphatic rings. The number of rotatable bonds is 7. The number of nitrogens with one attached hydrogen (secondary N) is 2. The van der Waals surface area contributed by atoms with Crippen LogP contribution in [-0.2, 0) is 9.53 Å². The van der Waals surface area contributed by atoms with E-state index in [0.29, 0.717) is 19.8 Å². The Morgan fingerprint density at radius 2 is 2.04 bits per heavy atom. The van der Waals surface area contributed by atoms with E-state index in [1.165, 1.54) is 0 Å². The standard InChI is InChI=1S/C15H24N4O2.2ClH/c16-14(12-5-10-21-11-6-12)15(20)19-9-3-8-18-13-4-1-2-7-17-13;;/h1-2,4,7,12,14H,3,5-6,8-11,16H2,(H,17,18)(H,19,20);2*1H. The molecule has 23 heavy (non-hydrogen) atoms. The number of pyridine rings is 1. The van der Waals surface area contributed by atoms with Gasteiger partial charge in [0.1, 0.15) is 5.82 Å². The van der Waals surface area contributed by atoms with E-state index < -0.39 is 6.04 Å². The Hall–Kier alpha value is -1.08. The molecule has 1 fully saturated rings. The average Bonchev–Trinajstić information content (AvgIpc) is 2.55. The van der Waals surface area contributed by atoms with E-state index in [4.69, 9.17) is 10.5 Å². The molecule has 1 aromatic rings. The fourth-order valence-corrected chi connectivity index (χ4v) is 2.39. The lowest BCUT2D eigenvalue weighted by Gasteiger charge is -2.26. The van der Waals surface area contributed by atoms with Crippen LogP contribution in [0.5, 0.6) is 0 Å². The lowest BCUT2D eigenvalue weighted by Crippen LogP contribution is -2.47. The molecule has 0 aromatic carbocycles. The Labute approximate surface area is 149 Å². The van der Waals surface area contributed by atoms with Crippen molar-refractivity contribution >= 4 is 36.5 Å². The minimum Gasteiger partial charge on any atom is -0.381 e. The van der Waals surface area contributed by atoms with Gasteiger partial charge in [-0.25, -0.2) is 4.98 Å².